The molecule has 3 heteroatoms. The highest BCUT2D eigenvalue weighted by Gasteiger charge is 2.15. The van der Waals surface area contributed by atoms with E-state index in [0.717, 1.165) is 10.5 Å². The lowest BCUT2D eigenvalue weighted by Crippen LogP contribution is -2.02. The van der Waals surface area contributed by atoms with Crippen LogP contribution in [0.1, 0.15) is 32.3 Å². The van der Waals surface area contributed by atoms with Crippen LogP contribution in [-0.4, -0.2) is 5.78 Å². The third-order valence-corrected chi connectivity index (χ3v) is 5.04. The van der Waals surface area contributed by atoms with Crippen LogP contribution in [0.5, 0.6) is 0 Å². The molecule has 122 valence electrons. The molecule has 0 spiro atoms. The summed E-state index contributed by atoms with van der Waals surface area (Å²) in [5.41, 5.74) is 3.29. The Bertz CT molecular complexity index is 911. The van der Waals surface area contributed by atoms with Crippen LogP contribution in [-0.2, 0) is 0 Å². The van der Waals surface area contributed by atoms with Crippen LogP contribution in [0.25, 0.3) is 0 Å². The van der Waals surface area contributed by atoms with Crippen molar-refractivity contribution >= 4 is 17.5 Å². The van der Waals surface area contributed by atoms with Gasteiger partial charge in [0.2, 0.25) is 0 Å². The van der Waals surface area contributed by atoms with Crippen molar-refractivity contribution in [1.82, 2.24) is 0 Å². The molecule has 0 radical (unpaired) electrons. The van der Waals surface area contributed by atoms with Gasteiger partial charge in [0, 0.05) is 16.0 Å². The minimum absolute atomic E-state index is 0.0283. The number of nitriles is 1. The van der Waals surface area contributed by atoms with Gasteiger partial charge in [-0.15, -0.1) is 11.8 Å². The molecule has 0 saturated carbocycles. The van der Waals surface area contributed by atoms with Crippen LogP contribution in [0.15, 0.2) is 83.8 Å². The van der Waals surface area contributed by atoms with Crippen LogP contribution in [0.2, 0.25) is 0 Å². The zero-order valence-corrected chi connectivity index (χ0v) is 14.7. The van der Waals surface area contributed by atoms with Crippen molar-refractivity contribution in [3.8, 4) is 6.07 Å². The maximum Gasteiger partial charge on any atom is 0.193 e. The van der Waals surface area contributed by atoms with Crippen LogP contribution in [0.3, 0.4) is 0 Å². The molecular formula is C22H17NOS. The fourth-order valence-electron chi connectivity index (χ4n) is 2.52. The summed E-state index contributed by atoms with van der Waals surface area (Å²) in [7, 11) is 0. The number of thioether (sulfide) groups is 1. The molecule has 0 aliphatic heterocycles. The van der Waals surface area contributed by atoms with Gasteiger partial charge in [-0.05, 0) is 30.7 Å². The molecule has 0 aliphatic carbocycles. The maximum absolute atomic E-state index is 12.6. The summed E-state index contributed by atoms with van der Waals surface area (Å²) in [5.74, 6) is -0.0283. The normalized spacial score (nSPS) is 11.5. The van der Waals surface area contributed by atoms with Gasteiger partial charge in [0.15, 0.2) is 5.78 Å². The van der Waals surface area contributed by atoms with Crippen LogP contribution < -0.4 is 0 Å². The topological polar surface area (TPSA) is 40.9 Å². The molecule has 25 heavy (non-hydrogen) atoms. The van der Waals surface area contributed by atoms with Crippen molar-refractivity contribution in [3.63, 3.8) is 0 Å². The van der Waals surface area contributed by atoms with Crippen LogP contribution in [0, 0.1) is 18.3 Å². The van der Waals surface area contributed by atoms with Gasteiger partial charge in [-0.25, -0.2) is 0 Å². The van der Waals surface area contributed by atoms with Gasteiger partial charge in [0.1, 0.15) is 5.25 Å². The van der Waals surface area contributed by atoms with E-state index >= 15 is 0 Å². The Morgan fingerprint density at radius 2 is 1.60 bits per heavy atom. The van der Waals surface area contributed by atoms with E-state index in [4.69, 9.17) is 0 Å². The number of carbonyl (C=O) groups is 1. The quantitative estimate of drug-likeness (QED) is 0.448. The lowest BCUT2D eigenvalue weighted by atomic mass is 10.0. The van der Waals surface area contributed by atoms with E-state index in [1.54, 1.807) is 18.2 Å². The summed E-state index contributed by atoms with van der Waals surface area (Å²) in [6.45, 7) is 2.04. The third-order valence-electron chi connectivity index (χ3n) is 3.88. The highest BCUT2D eigenvalue weighted by Crippen LogP contribution is 2.35. The zero-order chi connectivity index (χ0) is 17.6. The Morgan fingerprint density at radius 1 is 0.920 bits per heavy atom. The minimum atomic E-state index is -0.355. The lowest BCUT2D eigenvalue weighted by molar-refractivity contribution is 0.103. The number of hydrogen-bond donors (Lipinski definition) is 0. The first-order valence-electron chi connectivity index (χ1n) is 8.00. The SMILES string of the molecule is Cc1ccc(SC(C#N)c2cccc(C(=O)c3ccccc3)c2)cc1. The van der Waals surface area contributed by atoms with Gasteiger partial charge in [-0.1, -0.05) is 66.2 Å². The summed E-state index contributed by atoms with van der Waals surface area (Å²) >= 11 is 1.49. The second kappa shape index (κ2) is 7.83. The van der Waals surface area contributed by atoms with Gasteiger partial charge >= 0.3 is 0 Å². The first kappa shape index (κ1) is 17.0. The van der Waals surface area contributed by atoms with E-state index in [9.17, 15) is 10.1 Å². The van der Waals surface area contributed by atoms with Crippen molar-refractivity contribution in [1.29, 1.82) is 5.26 Å². The maximum atomic E-state index is 12.6. The highest BCUT2D eigenvalue weighted by molar-refractivity contribution is 7.99. The van der Waals surface area contributed by atoms with E-state index in [0.29, 0.717) is 11.1 Å². The average molecular weight is 343 g/mol. The van der Waals surface area contributed by atoms with E-state index in [2.05, 4.69) is 6.07 Å². The Kier molecular flexibility index (Phi) is 5.33. The summed E-state index contributed by atoms with van der Waals surface area (Å²) in [6.07, 6.45) is 0. The lowest BCUT2D eigenvalue weighted by Gasteiger charge is -2.11. The number of aryl methyl sites for hydroxylation is 1. The number of ketones is 1. The Morgan fingerprint density at radius 3 is 2.28 bits per heavy atom. The van der Waals surface area contributed by atoms with Crippen molar-refractivity contribution < 1.29 is 4.79 Å². The Labute approximate surface area is 152 Å². The minimum Gasteiger partial charge on any atom is -0.289 e. The Hall–Kier alpha value is -2.83. The second-order valence-electron chi connectivity index (χ2n) is 5.76. The molecule has 0 amide bonds. The molecule has 3 rings (SSSR count). The summed E-state index contributed by atoms with van der Waals surface area (Å²) in [6, 6.07) is 27.0. The molecule has 0 N–H and O–H groups in total. The fourth-order valence-corrected chi connectivity index (χ4v) is 3.42. The number of hydrogen-bond acceptors (Lipinski definition) is 3. The highest BCUT2D eigenvalue weighted by atomic mass is 32.2. The van der Waals surface area contributed by atoms with Crippen LogP contribution in [0.4, 0.5) is 0 Å². The fraction of sp³-hybridized carbons (Fsp3) is 0.0909. The predicted octanol–water partition coefficient (Wildman–Crippen LogP) is 5.58. The first-order chi connectivity index (χ1) is 12.2. The molecular weight excluding hydrogens is 326 g/mol. The van der Waals surface area contributed by atoms with E-state index in [-0.39, 0.29) is 11.0 Å². The molecule has 1 unspecified atom stereocenters. The Balaban J connectivity index is 1.85. The molecule has 0 aliphatic rings. The molecule has 3 aromatic rings. The summed E-state index contributed by atoms with van der Waals surface area (Å²) < 4.78 is 0. The third kappa shape index (κ3) is 4.17. The van der Waals surface area contributed by atoms with E-state index in [1.807, 2.05) is 67.6 Å². The van der Waals surface area contributed by atoms with Crippen molar-refractivity contribution in [3.05, 3.63) is 101 Å². The van der Waals surface area contributed by atoms with Crippen molar-refractivity contribution in [2.75, 3.05) is 0 Å². The average Bonchev–Trinajstić information content (AvgIpc) is 2.67. The molecule has 0 fully saturated rings. The smallest absolute Gasteiger partial charge is 0.193 e. The number of nitrogens with zero attached hydrogens (tertiary/aromatic N) is 1. The molecule has 3 aromatic carbocycles. The van der Waals surface area contributed by atoms with Gasteiger partial charge in [-0.2, -0.15) is 5.26 Å². The van der Waals surface area contributed by atoms with E-state index in [1.165, 1.54) is 17.3 Å². The van der Waals surface area contributed by atoms with Crippen molar-refractivity contribution in [2.45, 2.75) is 17.1 Å². The van der Waals surface area contributed by atoms with Gasteiger partial charge in [0.25, 0.3) is 0 Å². The van der Waals surface area contributed by atoms with Gasteiger partial charge in [0.05, 0.1) is 6.07 Å². The zero-order valence-electron chi connectivity index (χ0n) is 13.8. The van der Waals surface area contributed by atoms with E-state index < -0.39 is 0 Å². The molecule has 0 bridgehead atoms. The summed E-state index contributed by atoms with van der Waals surface area (Å²) in [5, 5.41) is 9.23. The number of carbonyl (C=O) groups excluding carboxylic acids is 1. The van der Waals surface area contributed by atoms with Crippen molar-refractivity contribution in [2.24, 2.45) is 0 Å². The number of benzene rings is 3. The molecule has 1 atom stereocenters. The molecule has 0 saturated heterocycles. The second-order valence-corrected chi connectivity index (χ2v) is 6.94. The molecule has 0 aromatic heterocycles. The van der Waals surface area contributed by atoms with Gasteiger partial charge in [-0.3, -0.25) is 4.79 Å². The van der Waals surface area contributed by atoms with Crippen LogP contribution >= 0.6 is 11.8 Å². The predicted molar refractivity (Wildman–Crippen MR) is 102 cm³/mol. The standard InChI is InChI=1S/C22H17NOS/c1-16-10-12-20(13-11-16)25-21(15-23)18-8-5-9-19(14-18)22(24)17-6-3-2-4-7-17/h2-14,21H,1H3. The monoisotopic (exact) mass is 343 g/mol. The summed E-state index contributed by atoms with van der Waals surface area (Å²) in [4.78, 5) is 13.7. The number of rotatable bonds is 5. The van der Waals surface area contributed by atoms with Gasteiger partial charge < -0.3 is 0 Å². The first-order valence-corrected chi connectivity index (χ1v) is 8.88. The molecule has 0 heterocycles. The molecule has 2 nitrogen and oxygen atoms in total. The largest absolute Gasteiger partial charge is 0.289 e.